The van der Waals surface area contributed by atoms with E-state index in [1.54, 1.807) is 6.92 Å². The van der Waals surface area contributed by atoms with Crippen molar-refractivity contribution in [1.29, 1.82) is 0 Å². The lowest BCUT2D eigenvalue weighted by molar-refractivity contribution is -0.107. The molecule has 0 N–H and O–H groups in total. The van der Waals surface area contributed by atoms with Crippen molar-refractivity contribution in [3.63, 3.8) is 0 Å². The van der Waals surface area contributed by atoms with Gasteiger partial charge in [0, 0.05) is 0 Å². The van der Waals surface area contributed by atoms with E-state index in [1.165, 1.54) is 0 Å². The van der Waals surface area contributed by atoms with Crippen LogP contribution in [0.1, 0.15) is 6.92 Å². The molecule has 2 heteroatoms. The molecular weight excluding hydrogens is 112 g/mol. The van der Waals surface area contributed by atoms with E-state index in [-0.39, 0.29) is 5.38 Å². The standard InChI is InChI=1S/C3H5ClO.C2H4/c1-3(4)2-5;1-2/h2-3H,1H3;1-2H2. The van der Waals surface area contributed by atoms with Crippen LogP contribution in [0.4, 0.5) is 0 Å². The van der Waals surface area contributed by atoms with Crippen LogP contribution in [0.15, 0.2) is 13.2 Å². The highest BCUT2D eigenvalue weighted by molar-refractivity contribution is 6.27. The highest BCUT2D eigenvalue weighted by Crippen LogP contribution is 1.82. The zero-order valence-corrected chi connectivity index (χ0v) is 5.11. The first kappa shape index (κ1) is 9.85. The van der Waals surface area contributed by atoms with Gasteiger partial charge in [0.2, 0.25) is 0 Å². The summed E-state index contributed by atoms with van der Waals surface area (Å²) < 4.78 is 0. The van der Waals surface area contributed by atoms with Crippen molar-refractivity contribution in [3.8, 4) is 0 Å². The van der Waals surface area contributed by atoms with Crippen molar-refractivity contribution in [2.45, 2.75) is 12.3 Å². The fourth-order valence-electron chi connectivity index (χ4n) is 0. The first-order valence-electron chi connectivity index (χ1n) is 1.86. The summed E-state index contributed by atoms with van der Waals surface area (Å²) in [6.45, 7) is 7.62. The SMILES string of the molecule is C=C.CC(Cl)C=O. The van der Waals surface area contributed by atoms with Crippen molar-refractivity contribution in [2.24, 2.45) is 0 Å². The second-order valence-corrected chi connectivity index (χ2v) is 1.50. The molecule has 0 rings (SSSR count). The highest BCUT2D eigenvalue weighted by Gasteiger charge is 1.83. The molecule has 0 aromatic carbocycles. The summed E-state index contributed by atoms with van der Waals surface area (Å²) in [5.41, 5.74) is 0. The van der Waals surface area contributed by atoms with Gasteiger partial charge in [0.25, 0.3) is 0 Å². The Morgan fingerprint density at radius 2 is 1.86 bits per heavy atom. The van der Waals surface area contributed by atoms with Crippen LogP contribution in [0, 0.1) is 0 Å². The van der Waals surface area contributed by atoms with Gasteiger partial charge < -0.3 is 4.79 Å². The van der Waals surface area contributed by atoms with E-state index >= 15 is 0 Å². The predicted molar refractivity (Wildman–Crippen MR) is 32.6 cm³/mol. The zero-order valence-electron chi connectivity index (χ0n) is 4.36. The normalized spacial score (nSPS) is 10.6. The molecule has 1 unspecified atom stereocenters. The Balaban J connectivity index is 0. The maximum absolute atomic E-state index is 9.37. The van der Waals surface area contributed by atoms with E-state index in [4.69, 9.17) is 11.6 Å². The third-order valence-corrected chi connectivity index (χ3v) is 0.290. The van der Waals surface area contributed by atoms with Gasteiger partial charge in [0.1, 0.15) is 6.29 Å². The third-order valence-electron chi connectivity index (χ3n) is 0.188. The summed E-state index contributed by atoms with van der Waals surface area (Å²) in [6, 6.07) is 0. The van der Waals surface area contributed by atoms with E-state index in [2.05, 4.69) is 13.2 Å². The molecule has 0 aliphatic rings. The molecule has 0 saturated heterocycles. The Morgan fingerprint density at radius 1 is 1.71 bits per heavy atom. The van der Waals surface area contributed by atoms with Gasteiger partial charge in [-0.2, -0.15) is 0 Å². The summed E-state index contributed by atoms with van der Waals surface area (Å²) in [7, 11) is 0. The van der Waals surface area contributed by atoms with Gasteiger partial charge in [0.05, 0.1) is 5.38 Å². The topological polar surface area (TPSA) is 17.1 Å². The van der Waals surface area contributed by atoms with Crippen LogP contribution < -0.4 is 0 Å². The number of hydrogen-bond donors (Lipinski definition) is 0. The first-order valence-corrected chi connectivity index (χ1v) is 2.30. The summed E-state index contributed by atoms with van der Waals surface area (Å²) in [5, 5.41) is -0.324. The number of alkyl halides is 1. The lowest BCUT2D eigenvalue weighted by atomic mass is 10.6. The van der Waals surface area contributed by atoms with Gasteiger partial charge in [-0.25, -0.2) is 0 Å². The molecular formula is C5H9ClO. The molecule has 0 bridgehead atoms. The van der Waals surface area contributed by atoms with Gasteiger partial charge in [-0.3, -0.25) is 0 Å². The maximum atomic E-state index is 9.37. The molecule has 0 aromatic heterocycles. The van der Waals surface area contributed by atoms with Crippen LogP contribution in [0.5, 0.6) is 0 Å². The number of aldehydes is 1. The van der Waals surface area contributed by atoms with E-state index in [1.807, 2.05) is 0 Å². The molecule has 0 spiro atoms. The molecule has 0 aliphatic carbocycles. The molecule has 0 saturated carbocycles. The van der Waals surface area contributed by atoms with Gasteiger partial charge >= 0.3 is 0 Å². The van der Waals surface area contributed by atoms with E-state index < -0.39 is 0 Å². The van der Waals surface area contributed by atoms with Crippen molar-refractivity contribution in [3.05, 3.63) is 13.2 Å². The van der Waals surface area contributed by atoms with Gasteiger partial charge in [-0.15, -0.1) is 24.8 Å². The Hall–Kier alpha value is -0.300. The van der Waals surface area contributed by atoms with Crippen LogP contribution in [-0.2, 0) is 4.79 Å². The number of rotatable bonds is 1. The molecule has 42 valence electrons. The molecule has 0 aromatic rings. The Kier molecular flexibility index (Phi) is 12.9. The minimum Gasteiger partial charge on any atom is -0.302 e. The largest absolute Gasteiger partial charge is 0.302 e. The van der Waals surface area contributed by atoms with E-state index in [0.717, 1.165) is 0 Å². The summed E-state index contributed by atoms with van der Waals surface area (Å²) in [6.07, 6.45) is 0.682. The second-order valence-electron chi connectivity index (χ2n) is 0.814. The van der Waals surface area contributed by atoms with Crippen LogP contribution in [0.25, 0.3) is 0 Å². The number of hydrogen-bond acceptors (Lipinski definition) is 1. The van der Waals surface area contributed by atoms with Crippen LogP contribution in [0.2, 0.25) is 0 Å². The maximum Gasteiger partial charge on any atom is 0.137 e. The fourth-order valence-corrected chi connectivity index (χ4v) is 0. The van der Waals surface area contributed by atoms with Crippen molar-refractivity contribution < 1.29 is 4.79 Å². The van der Waals surface area contributed by atoms with Gasteiger partial charge in [0.15, 0.2) is 0 Å². The predicted octanol–water partition coefficient (Wildman–Crippen LogP) is 1.61. The molecule has 1 atom stereocenters. The Labute approximate surface area is 49.0 Å². The second kappa shape index (κ2) is 9.20. The Morgan fingerprint density at radius 3 is 1.86 bits per heavy atom. The number of carbonyl (C=O) groups excluding carboxylic acids is 1. The van der Waals surface area contributed by atoms with Gasteiger partial charge in [-0.1, -0.05) is 0 Å². The highest BCUT2D eigenvalue weighted by atomic mass is 35.5. The van der Waals surface area contributed by atoms with Crippen molar-refractivity contribution >= 4 is 17.9 Å². The number of halogens is 1. The lowest BCUT2D eigenvalue weighted by Crippen LogP contribution is -1.86. The van der Waals surface area contributed by atoms with Crippen LogP contribution in [0.3, 0.4) is 0 Å². The van der Waals surface area contributed by atoms with Crippen LogP contribution in [-0.4, -0.2) is 11.7 Å². The molecule has 0 amide bonds. The summed E-state index contributed by atoms with van der Waals surface area (Å²) in [4.78, 5) is 9.37. The Bertz CT molecular complexity index is 43.3. The molecule has 0 fully saturated rings. The van der Waals surface area contributed by atoms with Gasteiger partial charge in [-0.05, 0) is 6.92 Å². The molecule has 0 aliphatic heterocycles. The average molecular weight is 121 g/mol. The minimum atomic E-state index is -0.324. The fraction of sp³-hybridized carbons (Fsp3) is 0.400. The third kappa shape index (κ3) is 27.0. The zero-order chi connectivity index (χ0) is 6.28. The monoisotopic (exact) mass is 120 g/mol. The number of carbonyl (C=O) groups is 1. The molecule has 7 heavy (non-hydrogen) atoms. The quantitative estimate of drug-likeness (QED) is 0.292. The first-order chi connectivity index (χ1) is 3.27. The minimum absolute atomic E-state index is 0.324. The molecule has 1 nitrogen and oxygen atoms in total. The smallest absolute Gasteiger partial charge is 0.137 e. The summed E-state index contributed by atoms with van der Waals surface area (Å²) >= 11 is 5.09. The van der Waals surface area contributed by atoms with Crippen molar-refractivity contribution in [1.82, 2.24) is 0 Å². The van der Waals surface area contributed by atoms with E-state index in [9.17, 15) is 4.79 Å². The molecule has 0 heterocycles. The summed E-state index contributed by atoms with van der Waals surface area (Å²) in [5.74, 6) is 0. The van der Waals surface area contributed by atoms with E-state index in [0.29, 0.717) is 6.29 Å². The van der Waals surface area contributed by atoms with Crippen LogP contribution >= 0.6 is 11.6 Å². The lowest BCUT2D eigenvalue weighted by Gasteiger charge is -1.75. The average Bonchev–Trinajstić information content (AvgIpc) is 1.73. The van der Waals surface area contributed by atoms with Crippen molar-refractivity contribution in [2.75, 3.05) is 0 Å². The molecule has 0 radical (unpaired) electrons.